The molecule has 1 aliphatic rings. The lowest BCUT2D eigenvalue weighted by atomic mass is 9.61. The van der Waals surface area contributed by atoms with Crippen molar-refractivity contribution in [1.82, 2.24) is 15.0 Å². The summed E-state index contributed by atoms with van der Waals surface area (Å²) >= 11 is 5.77. The fraction of sp³-hybridized carbons (Fsp3) is 0.429. The van der Waals surface area contributed by atoms with E-state index in [1.54, 1.807) is 30.5 Å². The summed E-state index contributed by atoms with van der Waals surface area (Å²) in [7, 11) is -1.63. The van der Waals surface area contributed by atoms with Crippen LogP contribution in [0.4, 0.5) is 0 Å². The molecule has 1 aliphatic carbocycles. The van der Waals surface area contributed by atoms with Gasteiger partial charge in [0.1, 0.15) is 0 Å². The van der Waals surface area contributed by atoms with Gasteiger partial charge in [-0.15, -0.1) is 0 Å². The summed E-state index contributed by atoms with van der Waals surface area (Å²) in [5.41, 5.74) is 0.819. The van der Waals surface area contributed by atoms with Crippen molar-refractivity contribution in [2.75, 3.05) is 13.6 Å². The molecule has 29 heavy (non-hydrogen) atoms. The third-order valence-electron chi connectivity index (χ3n) is 5.72. The Morgan fingerprint density at radius 1 is 1.21 bits per heavy atom. The van der Waals surface area contributed by atoms with Gasteiger partial charge in [-0.05, 0) is 48.9 Å². The normalized spacial score (nSPS) is 21.8. The summed E-state index contributed by atoms with van der Waals surface area (Å²) in [6.07, 6.45) is 8.59. The van der Waals surface area contributed by atoms with Gasteiger partial charge in [0.15, 0.2) is 0 Å². The number of benzene rings is 1. The number of likely N-dealkylation sites (N-methyl/N-ethyl adjacent to an activating group) is 1. The van der Waals surface area contributed by atoms with Crippen molar-refractivity contribution >= 4 is 40.7 Å². The van der Waals surface area contributed by atoms with Crippen LogP contribution in [0.3, 0.4) is 0 Å². The van der Waals surface area contributed by atoms with Crippen LogP contribution < -0.4 is 10.0 Å². The number of sulfonamides is 1. The lowest BCUT2D eigenvalue weighted by molar-refractivity contribution is 0.239. The Labute approximate surface area is 186 Å². The summed E-state index contributed by atoms with van der Waals surface area (Å²) < 4.78 is 27.8. The molecule has 1 heterocycles. The molecular formula is C21H29N3O2S3. The van der Waals surface area contributed by atoms with Crippen molar-refractivity contribution < 1.29 is 8.42 Å². The van der Waals surface area contributed by atoms with Gasteiger partial charge in [-0.2, -0.15) is 13.5 Å². The van der Waals surface area contributed by atoms with Crippen molar-refractivity contribution in [3.05, 3.63) is 60.4 Å². The van der Waals surface area contributed by atoms with Gasteiger partial charge in [-0.1, -0.05) is 49.3 Å². The van der Waals surface area contributed by atoms with E-state index in [-0.39, 0.29) is 24.8 Å². The zero-order valence-corrected chi connectivity index (χ0v) is 19.2. The second-order valence-corrected chi connectivity index (χ2v) is 9.41. The maximum Gasteiger partial charge on any atom is 0.240 e. The SMILES string of the molecule is CNC(=S)[C@]1(c2cccnc2)CCCC[C@H]1CCNS(=O)(=O)c1ccccc1.S. The second kappa shape index (κ2) is 10.5. The molecule has 1 aromatic carbocycles. The van der Waals surface area contributed by atoms with E-state index in [0.29, 0.717) is 11.4 Å². The van der Waals surface area contributed by atoms with Gasteiger partial charge >= 0.3 is 0 Å². The number of aromatic nitrogens is 1. The minimum Gasteiger partial charge on any atom is -0.382 e. The minimum atomic E-state index is -3.50. The van der Waals surface area contributed by atoms with E-state index >= 15 is 0 Å². The number of rotatable bonds is 7. The molecule has 0 amide bonds. The first kappa shape index (κ1) is 23.8. The van der Waals surface area contributed by atoms with Crippen molar-refractivity contribution in [1.29, 1.82) is 0 Å². The summed E-state index contributed by atoms with van der Waals surface area (Å²) in [6, 6.07) is 12.5. The Hall–Kier alpha value is -1.48. The average Bonchev–Trinajstić information content (AvgIpc) is 2.74. The van der Waals surface area contributed by atoms with Crippen LogP contribution in [-0.2, 0) is 15.4 Å². The molecule has 5 nitrogen and oxygen atoms in total. The molecule has 158 valence electrons. The van der Waals surface area contributed by atoms with Crippen LogP contribution in [0, 0.1) is 5.92 Å². The highest BCUT2D eigenvalue weighted by Crippen LogP contribution is 2.46. The Kier molecular flexibility index (Phi) is 8.63. The van der Waals surface area contributed by atoms with Crippen molar-refractivity contribution in [3.63, 3.8) is 0 Å². The number of thiocarbonyl (C=S) groups is 1. The molecule has 2 N–H and O–H groups in total. The molecule has 0 aliphatic heterocycles. The fourth-order valence-electron chi connectivity index (χ4n) is 4.35. The molecule has 0 unspecified atom stereocenters. The number of pyridine rings is 1. The van der Waals surface area contributed by atoms with Crippen LogP contribution in [-0.4, -0.2) is 32.0 Å². The van der Waals surface area contributed by atoms with Crippen LogP contribution in [0.25, 0.3) is 0 Å². The van der Waals surface area contributed by atoms with Crippen LogP contribution in [0.1, 0.15) is 37.7 Å². The Morgan fingerprint density at radius 3 is 2.62 bits per heavy atom. The fourth-order valence-corrected chi connectivity index (χ4v) is 5.80. The second-order valence-electron chi connectivity index (χ2n) is 7.23. The summed E-state index contributed by atoms with van der Waals surface area (Å²) in [5.74, 6) is 0.254. The maximum absolute atomic E-state index is 12.5. The predicted molar refractivity (Wildman–Crippen MR) is 126 cm³/mol. The largest absolute Gasteiger partial charge is 0.382 e. The Bertz CT molecular complexity index is 892. The number of nitrogens with one attached hydrogen (secondary N) is 2. The predicted octanol–water partition coefficient (Wildman–Crippen LogP) is 3.54. The highest BCUT2D eigenvalue weighted by molar-refractivity contribution is 7.89. The summed E-state index contributed by atoms with van der Waals surface area (Å²) in [6.45, 7) is 0.385. The zero-order chi connectivity index (χ0) is 20.0. The topological polar surface area (TPSA) is 71.1 Å². The summed E-state index contributed by atoms with van der Waals surface area (Å²) in [5, 5.41) is 3.20. The lowest BCUT2D eigenvalue weighted by Crippen LogP contribution is -2.50. The van der Waals surface area contributed by atoms with Gasteiger partial charge in [0.25, 0.3) is 0 Å². The minimum absolute atomic E-state index is 0. The third kappa shape index (κ3) is 5.17. The van der Waals surface area contributed by atoms with Gasteiger partial charge in [0.05, 0.1) is 9.88 Å². The molecule has 0 radical (unpaired) electrons. The molecule has 1 fully saturated rings. The maximum atomic E-state index is 12.5. The zero-order valence-electron chi connectivity index (χ0n) is 16.6. The van der Waals surface area contributed by atoms with E-state index in [1.165, 1.54) is 0 Å². The van der Waals surface area contributed by atoms with Crippen molar-refractivity contribution in [2.45, 2.75) is 42.4 Å². The lowest BCUT2D eigenvalue weighted by Gasteiger charge is -2.45. The monoisotopic (exact) mass is 451 g/mol. The standard InChI is InChI=1S/C21H27N3O2S2.H2S/c1-22-20(27)21(18-9-7-14-23-16-18)13-6-5-8-17(21)12-15-24-28(25,26)19-10-3-2-4-11-19;/h2-4,7,9-11,14,16-17,24H,5-6,8,12-13,15H2,1H3,(H,22,27);1H2/t17-,21+;/m0./s1. The number of hydrogen-bond donors (Lipinski definition) is 2. The van der Waals surface area contributed by atoms with E-state index in [1.807, 2.05) is 25.4 Å². The quantitative estimate of drug-likeness (QED) is 0.630. The van der Waals surface area contributed by atoms with Gasteiger partial charge < -0.3 is 5.32 Å². The average molecular weight is 452 g/mol. The van der Waals surface area contributed by atoms with Gasteiger partial charge in [0.2, 0.25) is 10.0 Å². The van der Waals surface area contributed by atoms with E-state index in [4.69, 9.17) is 12.2 Å². The number of hydrogen-bond acceptors (Lipinski definition) is 4. The number of nitrogens with zero attached hydrogens (tertiary/aromatic N) is 1. The first-order chi connectivity index (χ1) is 13.5. The smallest absolute Gasteiger partial charge is 0.240 e. The first-order valence-electron chi connectivity index (χ1n) is 9.68. The molecule has 0 saturated heterocycles. The highest BCUT2D eigenvalue weighted by Gasteiger charge is 2.45. The van der Waals surface area contributed by atoms with E-state index < -0.39 is 10.0 Å². The van der Waals surface area contributed by atoms with Gasteiger partial charge in [-0.25, -0.2) is 13.1 Å². The van der Waals surface area contributed by atoms with Gasteiger partial charge in [0, 0.05) is 31.4 Å². The molecule has 2 aromatic rings. The van der Waals surface area contributed by atoms with Crippen LogP contribution in [0.2, 0.25) is 0 Å². The molecule has 1 aromatic heterocycles. The van der Waals surface area contributed by atoms with E-state index in [0.717, 1.165) is 42.7 Å². The van der Waals surface area contributed by atoms with Crippen molar-refractivity contribution in [3.8, 4) is 0 Å². The Balaban J connectivity index is 0.00000300. The molecule has 1 saturated carbocycles. The highest BCUT2D eigenvalue weighted by atomic mass is 32.2. The van der Waals surface area contributed by atoms with Crippen LogP contribution in [0.5, 0.6) is 0 Å². The van der Waals surface area contributed by atoms with E-state index in [9.17, 15) is 8.42 Å². The van der Waals surface area contributed by atoms with E-state index in [2.05, 4.69) is 21.1 Å². The molecule has 0 bridgehead atoms. The van der Waals surface area contributed by atoms with Crippen LogP contribution >= 0.6 is 25.7 Å². The molecule has 3 rings (SSSR count). The molecule has 2 atom stereocenters. The van der Waals surface area contributed by atoms with Crippen LogP contribution in [0.15, 0.2) is 59.8 Å². The Morgan fingerprint density at radius 2 is 1.97 bits per heavy atom. The molecular weight excluding hydrogens is 422 g/mol. The summed E-state index contributed by atoms with van der Waals surface area (Å²) in [4.78, 5) is 5.43. The molecule has 0 spiro atoms. The molecule has 8 heteroatoms. The van der Waals surface area contributed by atoms with Crippen molar-refractivity contribution in [2.24, 2.45) is 5.92 Å². The third-order valence-corrected chi connectivity index (χ3v) is 7.76. The first-order valence-corrected chi connectivity index (χ1v) is 11.6. The van der Waals surface area contributed by atoms with Gasteiger partial charge in [-0.3, -0.25) is 4.98 Å².